The first-order valence-corrected chi connectivity index (χ1v) is 6.24. The molecule has 0 radical (unpaired) electrons. The van der Waals surface area contributed by atoms with E-state index >= 15 is 0 Å². The summed E-state index contributed by atoms with van der Waals surface area (Å²) < 4.78 is 0.251. The number of nitrogens with two attached hydrogens (primary N) is 1. The van der Waals surface area contributed by atoms with Gasteiger partial charge in [0.05, 0.1) is 5.54 Å². The minimum Gasteiger partial charge on any atom is -0.353 e. The normalized spacial score (nSPS) is 34.1. The molecular weight excluding hydrogens is 196 g/mol. The number of carbonyl (C=O) groups excluding carboxylic acids is 1. The van der Waals surface area contributed by atoms with Crippen molar-refractivity contribution in [1.29, 1.82) is 0 Å². The van der Waals surface area contributed by atoms with Crippen molar-refractivity contribution in [1.82, 2.24) is 5.32 Å². The van der Waals surface area contributed by atoms with Crippen LogP contribution in [0.1, 0.15) is 32.6 Å². The third-order valence-corrected chi connectivity index (χ3v) is 4.70. The predicted molar refractivity (Wildman–Crippen MR) is 59.3 cm³/mol. The zero-order valence-corrected chi connectivity index (χ0v) is 9.45. The lowest BCUT2D eigenvalue weighted by atomic mass is 10.1. The van der Waals surface area contributed by atoms with Gasteiger partial charge in [-0.2, -0.15) is 11.8 Å². The fourth-order valence-electron chi connectivity index (χ4n) is 1.78. The Kier molecular flexibility index (Phi) is 2.52. The van der Waals surface area contributed by atoms with Crippen LogP contribution in [0.3, 0.4) is 0 Å². The molecule has 0 spiro atoms. The molecule has 1 heterocycles. The largest absolute Gasteiger partial charge is 0.353 e. The van der Waals surface area contributed by atoms with Gasteiger partial charge in [0.1, 0.15) is 0 Å². The third kappa shape index (κ3) is 2.06. The Morgan fingerprint density at radius 1 is 1.50 bits per heavy atom. The Hall–Kier alpha value is -0.220. The van der Waals surface area contributed by atoms with E-state index in [9.17, 15) is 4.79 Å². The molecule has 0 aromatic heterocycles. The summed E-state index contributed by atoms with van der Waals surface area (Å²) in [6.07, 6.45) is 4.17. The van der Waals surface area contributed by atoms with Crippen molar-refractivity contribution < 1.29 is 4.79 Å². The second-order valence-corrected chi connectivity index (χ2v) is 6.42. The molecule has 2 fully saturated rings. The van der Waals surface area contributed by atoms with Crippen molar-refractivity contribution >= 4 is 17.7 Å². The van der Waals surface area contributed by atoms with Crippen LogP contribution in [0.25, 0.3) is 0 Å². The number of rotatable bonds is 3. The van der Waals surface area contributed by atoms with Gasteiger partial charge >= 0.3 is 0 Å². The van der Waals surface area contributed by atoms with Crippen LogP contribution in [0.4, 0.5) is 0 Å². The Bertz CT molecular complexity index is 245. The lowest BCUT2D eigenvalue weighted by Gasteiger charge is -2.23. The van der Waals surface area contributed by atoms with Crippen LogP contribution in [0, 0.1) is 0 Å². The van der Waals surface area contributed by atoms with E-state index in [2.05, 4.69) is 12.2 Å². The first-order valence-electron chi connectivity index (χ1n) is 5.25. The topological polar surface area (TPSA) is 55.1 Å². The summed E-state index contributed by atoms with van der Waals surface area (Å²) in [7, 11) is 0. The number of thioether (sulfide) groups is 1. The maximum Gasteiger partial charge on any atom is 0.240 e. The Balaban J connectivity index is 1.79. The van der Waals surface area contributed by atoms with Gasteiger partial charge in [0.15, 0.2) is 0 Å². The van der Waals surface area contributed by atoms with Crippen molar-refractivity contribution in [3.63, 3.8) is 0 Å². The van der Waals surface area contributed by atoms with E-state index in [0.29, 0.717) is 0 Å². The van der Waals surface area contributed by atoms with Crippen LogP contribution in [0.15, 0.2) is 0 Å². The number of nitrogens with one attached hydrogen (secondary N) is 1. The summed E-state index contributed by atoms with van der Waals surface area (Å²) in [5.41, 5.74) is 5.28. The fourth-order valence-corrected chi connectivity index (χ4v) is 3.03. The van der Waals surface area contributed by atoms with Crippen molar-refractivity contribution in [2.45, 2.75) is 42.9 Å². The minimum atomic E-state index is -0.514. The number of hydrogen-bond donors (Lipinski definition) is 2. The zero-order valence-electron chi connectivity index (χ0n) is 8.64. The van der Waals surface area contributed by atoms with Gasteiger partial charge in [-0.15, -0.1) is 0 Å². The van der Waals surface area contributed by atoms with Crippen molar-refractivity contribution in [2.24, 2.45) is 5.73 Å². The van der Waals surface area contributed by atoms with E-state index in [1.165, 1.54) is 18.6 Å². The summed E-state index contributed by atoms with van der Waals surface area (Å²) in [4.78, 5) is 11.6. The van der Waals surface area contributed by atoms with Crippen molar-refractivity contribution in [2.75, 3.05) is 12.3 Å². The van der Waals surface area contributed by atoms with E-state index in [4.69, 9.17) is 5.73 Å². The molecule has 0 aromatic carbocycles. The third-order valence-electron chi connectivity index (χ3n) is 3.16. The molecule has 0 bridgehead atoms. The SMILES string of the molecule is CC1(CNC(=O)C2(N)CC2)CCCS1. The molecule has 2 rings (SSSR count). The van der Waals surface area contributed by atoms with Gasteiger partial charge in [-0.1, -0.05) is 0 Å². The molecule has 1 aliphatic heterocycles. The first kappa shape index (κ1) is 10.3. The van der Waals surface area contributed by atoms with Crippen LogP contribution in [-0.4, -0.2) is 28.5 Å². The van der Waals surface area contributed by atoms with E-state index in [0.717, 1.165) is 19.4 Å². The van der Waals surface area contributed by atoms with E-state index < -0.39 is 5.54 Å². The average molecular weight is 214 g/mol. The van der Waals surface area contributed by atoms with E-state index in [-0.39, 0.29) is 10.7 Å². The molecule has 0 aromatic rings. The number of carbonyl (C=O) groups is 1. The van der Waals surface area contributed by atoms with Crippen LogP contribution >= 0.6 is 11.8 Å². The smallest absolute Gasteiger partial charge is 0.240 e. The van der Waals surface area contributed by atoms with Crippen LogP contribution < -0.4 is 11.1 Å². The molecular formula is C10H18N2OS. The summed E-state index contributed by atoms with van der Waals surface area (Å²) in [5.74, 6) is 1.27. The molecule has 1 saturated heterocycles. The molecule has 4 heteroatoms. The maximum absolute atomic E-state index is 11.6. The first-order chi connectivity index (χ1) is 6.54. The monoisotopic (exact) mass is 214 g/mol. The van der Waals surface area contributed by atoms with Gasteiger partial charge in [-0.25, -0.2) is 0 Å². The van der Waals surface area contributed by atoms with Crippen LogP contribution in [0.5, 0.6) is 0 Å². The summed E-state index contributed by atoms with van der Waals surface area (Å²) in [6.45, 7) is 3.00. The molecule has 2 aliphatic rings. The average Bonchev–Trinajstić information content (AvgIpc) is 2.75. The van der Waals surface area contributed by atoms with Gasteiger partial charge in [0.2, 0.25) is 5.91 Å². The van der Waals surface area contributed by atoms with Gasteiger partial charge in [-0.3, -0.25) is 4.79 Å². The van der Waals surface area contributed by atoms with Crippen LogP contribution in [0.2, 0.25) is 0 Å². The quantitative estimate of drug-likeness (QED) is 0.733. The highest BCUT2D eigenvalue weighted by Crippen LogP contribution is 2.37. The van der Waals surface area contributed by atoms with Gasteiger partial charge in [-0.05, 0) is 38.4 Å². The second kappa shape index (κ2) is 3.42. The van der Waals surface area contributed by atoms with Gasteiger partial charge in [0.25, 0.3) is 0 Å². The Labute approximate surface area is 89.2 Å². The van der Waals surface area contributed by atoms with Crippen molar-refractivity contribution in [3.8, 4) is 0 Å². The molecule has 1 amide bonds. The fraction of sp³-hybridized carbons (Fsp3) is 0.900. The maximum atomic E-state index is 11.6. The summed E-state index contributed by atoms with van der Waals surface area (Å²) in [5, 5.41) is 2.98. The Morgan fingerprint density at radius 2 is 2.21 bits per heavy atom. The highest BCUT2D eigenvalue weighted by Gasteiger charge is 2.46. The molecule has 1 unspecified atom stereocenters. The number of hydrogen-bond acceptors (Lipinski definition) is 3. The van der Waals surface area contributed by atoms with E-state index in [1.54, 1.807) is 0 Å². The Morgan fingerprint density at radius 3 is 2.71 bits per heavy atom. The lowest BCUT2D eigenvalue weighted by molar-refractivity contribution is -0.123. The lowest BCUT2D eigenvalue weighted by Crippen LogP contribution is -2.46. The molecule has 3 N–H and O–H groups in total. The van der Waals surface area contributed by atoms with Gasteiger partial charge < -0.3 is 11.1 Å². The number of amides is 1. The molecule has 80 valence electrons. The molecule has 1 atom stereocenters. The zero-order chi connectivity index (χ0) is 10.2. The summed E-state index contributed by atoms with van der Waals surface area (Å²) in [6, 6.07) is 0. The molecule has 14 heavy (non-hydrogen) atoms. The van der Waals surface area contributed by atoms with Crippen LogP contribution in [-0.2, 0) is 4.79 Å². The van der Waals surface area contributed by atoms with Crippen molar-refractivity contribution in [3.05, 3.63) is 0 Å². The molecule has 1 saturated carbocycles. The minimum absolute atomic E-state index is 0.0474. The van der Waals surface area contributed by atoms with E-state index in [1.807, 2.05) is 11.8 Å². The standard InChI is InChI=1S/C10H18N2OS/c1-9(3-2-6-14-9)7-12-8(13)10(11)4-5-10/h2-7,11H2,1H3,(H,12,13). The van der Waals surface area contributed by atoms with Gasteiger partial charge in [0, 0.05) is 11.3 Å². The molecule has 3 nitrogen and oxygen atoms in total. The molecule has 1 aliphatic carbocycles. The highest BCUT2D eigenvalue weighted by atomic mass is 32.2. The summed E-state index contributed by atoms with van der Waals surface area (Å²) >= 11 is 1.96. The predicted octanol–water partition coefficient (Wildman–Crippen LogP) is 0.880. The highest BCUT2D eigenvalue weighted by molar-refractivity contribution is 8.00. The second-order valence-electron chi connectivity index (χ2n) is 4.74.